The van der Waals surface area contributed by atoms with Gasteiger partial charge in [0.1, 0.15) is 11.3 Å². The third-order valence-electron chi connectivity index (χ3n) is 3.78. The van der Waals surface area contributed by atoms with E-state index < -0.39 is 16.0 Å². The Kier molecular flexibility index (Phi) is 5.61. The second-order valence-corrected chi connectivity index (χ2v) is 7.29. The molecule has 1 aliphatic heterocycles. The van der Waals surface area contributed by atoms with E-state index in [0.29, 0.717) is 0 Å². The lowest BCUT2D eigenvalue weighted by atomic mass is 10.1. The first kappa shape index (κ1) is 17.7. The number of nitrogens with one attached hydrogen (secondary N) is 1. The van der Waals surface area contributed by atoms with E-state index in [-0.39, 0.29) is 35.0 Å². The smallest absolute Gasteiger partial charge is 0.339 e. The van der Waals surface area contributed by atoms with Crippen LogP contribution in [0.15, 0.2) is 23.1 Å². The van der Waals surface area contributed by atoms with Crippen molar-refractivity contribution in [1.29, 1.82) is 0 Å². The molecule has 0 radical (unpaired) electrons. The fourth-order valence-electron chi connectivity index (χ4n) is 2.55. The van der Waals surface area contributed by atoms with E-state index in [1.807, 2.05) is 6.92 Å². The van der Waals surface area contributed by atoms with Gasteiger partial charge in [-0.2, -0.15) is 0 Å². The Balaban J connectivity index is 2.11. The van der Waals surface area contributed by atoms with Crippen molar-refractivity contribution in [1.82, 2.24) is 4.72 Å². The van der Waals surface area contributed by atoms with Gasteiger partial charge >= 0.3 is 5.97 Å². The number of carboxylic acids is 1. The molecule has 23 heavy (non-hydrogen) atoms. The molecule has 0 saturated carbocycles. The molecule has 8 heteroatoms. The Labute approximate surface area is 135 Å². The molecule has 0 spiro atoms. The second kappa shape index (κ2) is 7.29. The van der Waals surface area contributed by atoms with Crippen LogP contribution in [0.5, 0.6) is 5.75 Å². The van der Waals surface area contributed by atoms with E-state index in [9.17, 15) is 13.2 Å². The van der Waals surface area contributed by atoms with E-state index in [4.69, 9.17) is 14.6 Å². The predicted molar refractivity (Wildman–Crippen MR) is 83.3 cm³/mol. The lowest BCUT2D eigenvalue weighted by Crippen LogP contribution is -2.37. The zero-order valence-electron chi connectivity index (χ0n) is 13.1. The van der Waals surface area contributed by atoms with E-state index in [1.165, 1.54) is 25.3 Å². The van der Waals surface area contributed by atoms with Crippen molar-refractivity contribution in [3.63, 3.8) is 0 Å². The lowest BCUT2D eigenvalue weighted by Gasteiger charge is -2.27. The molecule has 0 bridgehead atoms. The average Bonchev–Trinajstić information content (AvgIpc) is 2.52. The standard InChI is InChI=1S/C15H21NO6S/c1-10-4-3-5-11(22-10)9-16-23(19,20)12-6-7-13(15(17)18)14(8-12)21-2/h6-8,10-11,16H,3-5,9H2,1-2H3,(H,17,18). The number of carbonyl (C=O) groups is 1. The molecule has 2 rings (SSSR count). The number of hydrogen-bond donors (Lipinski definition) is 2. The first-order valence-electron chi connectivity index (χ1n) is 7.40. The van der Waals surface area contributed by atoms with Crippen LogP contribution in [0, 0.1) is 0 Å². The number of sulfonamides is 1. The molecule has 2 unspecified atom stereocenters. The Bertz CT molecular complexity index is 673. The largest absolute Gasteiger partial charge is 0.496 e. The summed E-state index contributed by atoms with van der Waals surface area (Å²) in [6, 6.07) is 3.67. The summed E-state index contributed by atoms with van der Waals surface area (Å²) in [6.07, 6.45) is 2.79. The van der Waals surface area contributed by atoms with Gasteiger partial charge in [-0.3, -0.25) is 0 Å². The Morgan fingerprint density at radius 2 is 2.17 bits per heavy atom. The minimum absolute atomic E-state index is 0.00270. The number of hydrogen-bond acceptors (Lipinski definition) is 5. The number of carboxylic acid groups (broad SMARTS) is 1. The van der Waals surface area contributed by atoms with Crippen molar-refractivity contribution in [2.24, 2.45) is 0 Å². The zero-order valence-corrected chi connectivity index (χ0v) is 13.9. The monoisotopic (exact) mass is 343 g/mol. The number of rotatable bonds is 6. The van der Waals surface area contributed by atoms with Crippen molar-refractivity contribution in [2.75, 3.05) is 13.7 Å². The van der Waals surface area contributed by atoms with Gasteiger partial charge in [0.15, 0.2) is 0 Å². The first-order chi connectivity index (χ1) is 10.8. The third kappa shape index (κ3) is 4.43. The highest BCUT2D eigenvalue weighted by Gasteiger charge is 2.23. The SMILES string of the molecule is COc1cc(S(=O)(=O)NCC2CCCC(C)O2)ccc1C(=O)O. The summed E-state index contributed by atoms with van der Waals surface area (Å²) in [5.74, 6) is -1.17. The molecule has 0 aromatic heterocycles. The highest BCUT2D eigenvalue weighted by molar-refractivity contribution is 7.89. The number of aromatic carboxylic acids is 1. The molecule has 1 saturated heterocycles. The van der Waals surface area contributed by atoms with Gasteiger partial charge in [-0.1, -0.05) is 0 Å². The summed E-state index contributed by atoms with van der Waals surface area (Å²) >= 11 is 0. The van der Waals surface area contributed by atoms with Gasteiger partial charge in [0.05, 0.1) is 24.2 Å². The highest BCUT2D eigenvalue weighted by Crippen LogP contribution is 2.23. The molecule has 1 aromatic rings. The molecule has 128 valence electrons. The maximum absolute atomic E-state index is 12.3. The van der Waals surface area contributed by atoms with Gasteiger partial charge in [0.2, 0.25) is 10.0 Å². The minimum Gasteiger partial charge on any atom is -0.496 e. The molecule has 0 aliphatic carbocycles. The van der Waals surface area contributed by atoms with Gasteiger partial charge in [0, 0.05) is 12.6 Å². The fourth-order valence-corrected chi connectivity index (χ4v) is 3.63. The summed E-state index contributed by atoms with van der Waals surface area (Å²) in [7, 11) is -2.46. The van der Waals surface area contributed by atoms with Crippen LogP contribution < -0.4 is 9.46 Å². The van der Waals surface area contributed by atoms with Crippen molar-refractivity contribution in [3.05, 3.63) is 23.8 Å². The van der Waals surface area contributed by atoms with Gasteiger partial charge in [-0.15, -0.1) is 0 Å². The average molecular weight is 343 g/mol. The molecule has 0 amide bonds. The van der Waals surface area contributed by atoms with Crippen LogP contribution in [0.25, 0.3) is 0 Å². The van der Waals surface area contributed by atoms with Crippen LogP contribution in [-0.2, 0) is 14.8 Å². The third-order valence-corrected chi connectivity index (χ3v) is 5.20. The zero-order chi connectivity index (χ0) is 17.0. The van der Waals surface area contributed by atoms with Gasteiger partial charge < -0.3 is 14.6 Å². The Morgan fingerprint density at radius 3 is 2.78 bits per heavy atom. The van der Waals surface area contributed by atoms with Crippen LogP contribution in [0.1, 0.15) is 36.5 Å². The van der Waals surface area contributed by atoms with E-state index in [2.05, 4.69) is 4.72 Å². The number of benzene rings is 1. The first-order valence-corrected chi connectivity index (χ1v) is 8.88. The van der Waals surface area contributed by atoms with Gasteiger partial charge in [-0.25, -0.2) is 17.9 Å². The van der Waals surface area contributed by atoms with E-state index in [1.54, 1.807) is 0 Å². The molecular weight excluding hydrogens is 322 g/mol. The Morgan fingerprint density at radius 1 is 1.43 bits per heavy atom. The number of methoxy groups -OCH3 is 1. The van der Waals surface area contributed by atoms with Crippen molar-refractivity contribution >= 4 is 16.0 Å². The highest BCUT2D eigenvalue weighted by atomic mass is 32.2. The van der Waals surface area contributed by atoms with E-state index >= 15 is 0 Å². The normalized spacial score (nSPS) is 21.8. The molecule has 1 aromatic carbocycles. The van der Waals surface area contributed by atoms with Gasteiger partial charge in [-0.05, 0) is 38.3 Å². The summed E-state index contributed by atoms with van der Waals surface area (Å²) in [4.78, 5) is 11.0. The lowest BCUT2D eigenvalue weighted by molar-refractivity contribution is -0.0358. The molecule has 2 N–H and O–H groups in total. The summed E-state index contributed by atoms with van der Waals surface area (Å²) in [5.41, 5.74) is -0.0871. The fraction of sp³-hybridized carbons (Fsp3) is 0.533. The molecule has 7 nitrogen and oxygen atoms in total. The van der Waals surface area contributed by atoms with Gasteiger partial charge in [0.25, 0.3) is 0 Å². The quantitative estimate of drug-likeness (QED) is 0.814. The van der Waals surface area contributed by atoms with Crippen LogP contribution in [0.2, 0.25) is 0 Å². The van der Waals surface area contributed by atoms with Crippen molar-refractivity contribution < 1.29 is 27.8 Å². The van der Waals surface area contributed by atoms with Crippen LogP contribution in [-0.4, -0.2) is 45.4 Å². The molecule has 1 heterocycles. The maximum Gasteiger partial charge on any atom is 0.339 e. The molecule has 1 aliphatic rings. The van der Waals surface area contributed by atoms with Crippen LogP contribution in [0.3, 0.4) is 0 Å². The maximum atomic E-state index is 12.3. The summed E-state index contributed by atoms with van der Waals surface area (Å²) in [5, 5.41) is 9.03. The second-order valence-electron chi connectivity index (χ2n) is 5.52. The topological polar surface area (TPSA) is 102 Å². The predicted octanol–water partition coefficient (Wildman–Crippen LogP) is 1.63. The molecular formula is C15H21NO6S. The minimum atomic E-state index is -3.76. The van der Waals surface area contributed by atoms with Crippen molar-refractivity contribution in [2.45, 2.75) is 43.3 Å². The summed E-state index contributed by atoms with van der Waals surface area (Å²) < 4.78 is 37.8. The van der Waals surface area contributed by atoms with E-state index in [0.717, 1.165) is 19.3 Å². The molecule has 2 atom stereocenters. The summed E-state index contributed by atoms with van der Waals surface area (Å²) in [6.45, 7) is 2.16. The van der Waals surface area contributed by atoms with Crippen LogP contribution >= 0.6 is 0 Å². The molecule has 1 fully saturated rings. The van der Waals surface area contributed by atoms with Crippen LogP contribution in [0.4, 0.5) is 0 Å². The van der Waals surface area contributed by atoms with Crippen molar-refractivity contribution in [3.8, 4) is 5.75 Å². The number of ether oxygens (including phenoxy) is 2. The Hall–Kier alpha value is -1.64.